The number of hydrogen-bond acceptors (Lipinski definition) is 16. The molecule has 0 spiro atoms. The Kier molecular flexibility index (Phi) is 20.8. The van der Waals surface area contributed by atoms with E-state index in [9.17, 15) is 46.8 Å². The van der Waals surface area contributed by atoms with E-state index in [0.29, 0.717) is 44.2 Å². The van der Waals surface area contributed by atoms with Crippen LogP contribution in [0.25, 0.3) is 0 Å². The molecule has 0 aromatic rings. The van der Waals surface area contributed by atoms with Gasteiger partial charge in [-0.25, -0.2) is 12.7 Å². The van der Waals surface area contributed by atoms with Crippen LogP contribution in [0.4, 0.5) is 0 Å². The molecule has 6 N–H and O–H groups in total. The van der Waals surface area contributed by atoms with Crippen molar-refractivity contribution in [1.82, 2.24) is 41.1 Å². The van der Waals surface area contributed by atoms with E-state index in [0.717, 1.165) is 16.9 Å². The summed E-state index contributed by atoms with van der Waals surface area (Å²) in [6, 6.07) is -1.53. The summed E-state index contributed by atoms with van der Waals surface area (Å²) in [6.45, 7) is 2.15. The molecule has 0 aromatic carbocycles. The van der Waals surface area contributed by atoms with Gasteiger partial charge in [0.05, 0.1) is 56.5 Å². The number of thioether (sulfide) groups is 1. The number of likely N-dealkylation sites (tertiary alicyclic amines) is 1. The molecule has 4 aliphatic heterocycles. The second-order valence-corrected chi connectivity index (χ2v) is 21.6. The fraction of sp³-hybridized carbons (Fsp3) is 0.818. The molecule has 8 atom stereocenters. The van der Waals surface area contributed by atoms with E-state index in [1.807, 2.05) is 0 Å². The molecule has 6 fully saturated rings. The number of nitrogens with zero attached hydrogens (tertiary/aromatic N) is 2. The van der Waals surface area contributed by atoms with Gasteiger partial charge in [-0.1, -0.05) is 19.3 Å². The standard InChI is InChI=1S/C44H70N8O14S2/c1-68(61,62)51-17-13-29(25-51)39(56)47-33(40(57)50-44-48-34(27-67-44)28-6-3-2-4-7-28)14-19-63-18-5-8-36(53)45-15-20-64-22-23-65-21-16-46-38(55)26-66-30-9-10-31-32(24-30)43(60)52(42(31)59)35-11-12-37(54)49-41(35)58/h28-35,44,48H,2-27H2,1H3,(H,45,53)(H,46,55)(H,47,56)(H,50,57)(H,49,54,58)/t29?,30?,31?,32?,33-,34?,35?,44?/m0/s1. The van der Waals surface area contributed by atoms with E-state index >= 15 is 0 Å². The minimum absolute atomic E-state index is 0.0608. The molecule has 2 saturated carbocycles. The Morgan fingerprint density at radius 3 is 2.24 bits per heavy atom. The van der Waals surface area contributed by atoms with Gasteiger partial charge in [0.15, 0.2) is 0 Å². The number of fused-ring (bicyclic) bond motifs is 1. The van der Waals surface area contributed by atoms with Crippen LogP contribution in [0.2, 0.25) is 0 Å². The highest BCUT2D eigenvalue weighted by atomic mass is 32.2. The zero-order valence-corrected chi connectivity index (χ0v) is 40.6. The van der Waals surface area contributed by atoms with Crippen molar-refractivity contribution in [2.24, 2.45) is 23.7 Å². The molecule has 0 radical (unpaired) electrons. The second-order valence-electron chi connectivity index (χ2n) is 18.5. The molecule has 68 heavy (non-hydrogen) atoms. The van der Waals surface area contributed by atoms with Gasteiger partial charge in [0.2, 0.25) is 57.3 Å². The lowest BCUT2D eigenvalue weighted by molar-refractivity contribution is -0.151. The quantitative estimate of drug-likeness (QED) is 0.0442. The monoisotopic (exact) mass is 998 g/mol. The van der Waals surface area contributed by atoms with Crippen LogP contribution in [-0.4, -0.2) is 179 Å². The summed E-state index contributed by atoms with van der Waals surface area (Å²) >= 11 is 1.65. The van der Waals surface area contributed by atoms with E-state index in [2.05, 4.69) is 31.9 Å². The summed E-state index contributed by atoms with van der Waals surface area (Å²) < 4.78 is 47.9. The molecule has 4 saturated heterocycles. The van der Waals surface area contributed by atoms with Crippen LogP contribution < -0.4 is 31.9 Å². The Balaban J connectivity index is 0.762. The Hall–Kier alpha value is -3.78. The van der Waals surface area contributed by atoms with E-state index in [1.165, 1.54) is 36.4 Å². The fourth-order valence-corrected chi connectivity index (χ4v) is 11.9. The molecule has 382 valence electrons. The van der Waals surface area contributed by atoms with Gasteiger partial charge in [0.25, 0.3) is 0 Å². The average molecular weight is 999 g/mol. The van der Waals surface area contributed by atoms with Crippen LogP contribution in [0, 0.1) is 23.7 Å². The minimum Gasteiger partial charge on any atom is -0.381 e. The van der Waals surface area contributed by atoms with Crippen LogP contribution in [-0.2, 0) is 67.3 Å². The van der Waals surface area contributed by atoms with Gasteiger partial charge in [0.1, 0.15) is 24.2 Å². The maximum atomic E-state index is 13.5. The first kappa shape index (κ1) is 53.6. The third-order valence-corrected chi connectivity index (χ3v) is 16.0. The lowest BCUT2D eigenvalue weighted by Gasteiger charge is -2.28. The Bertz CT molecular complexity index is 1910. The van der Waals surface area contributed by atoms with E-state index < -0.39 is 69.6 Å². The Morgan fingerprint density at radius 2 is 1.53 bits per heavy atom. The van der Waals surface area contributed by atoms with Crippen molar-refractivity contribution in [2.75, 3.05) is 84.4 Å². The first-order chi connectivity index (χ1) is 32.7. The van der Waals surface area contributed by atoms with Gasteiger partial charge < -0.3 is 40.2 Å². The lowest BCUT2D eigenvalue weighted by Crippen LogP contribution is -2.54. The second kappa shape index (κ2) is 26.4. The number of piperidine rings is 1. The summed E-state index contributed by atoms with van der Waals surface area (Å²) in [5.41, 5.74) is -0.271. The Labute approximate surface area is 402 Å². The molecule has 0 aromatic heterocycles. The van der Waals surface area contributed by atoms with E-state index in [-0.39, 0.29) is 127 Å². The maximum absolute atomic E-state index is 13.5. The molecular formula is C44H70N8O14S2. The van der Waals surface area contributed by atoms with Crippen LogP contribution in [0.3, 0.4) is 0 Å². The number of ether oxygens (including phenoxy) is 4. The number of sulfonamides is 1. The predicted octanol–water partition coefficient (Wildman–Crippen LogP) is -1.13. The molecule has 0 bridgehead atoms. The van der Waals surface area contributed by atoms with Gasteiger partial charge in [-0.3, -0.25) is 53.9 Å². The lowest BCUT2D eigenvalue weighted by atomic mass is 9.79. The predicted molar refractivity (Wildman–Crippen MR) is 245 cm³/mol. The van der Waals surface area contributed by atoms with Crippen LogP contribution in [0.5, 0.6) is 0 Å². The number of rotatable bonds is 26. The number of carbonyl (C=O) groups excluding carboxylic acids is 8. The van der Waals surface area contributed by atoms with Crippen molar-refractivity contribution < 1.29 is 65.7 Å². The van der Waals surface area contributed by atoms with Crippen LogP contribution >= 0.6 is 11.8 Å². The largest absolute Gasteiger partial charge is 0.381 e. The first-order valence-corrected chi connectivity index (χ1v) is 27.1. The number of imide groups is 2. The number of carbonyl (C=O) groups is 8. The van der Waals surface area contributed by atoms with Crippen LogP contribution in [0.1, 0.15) is 89.9 Å². The minimum atomic E-state index is -3.43. The van der Waals surface area contributed by atoms with Crippen molar-refractivity contribution >= 4 is 69.0 Å². The van der Waals surface area contributed by atoms with Crippen molar-refractivity contribution in [3.8, 4) is 0 Å². The van der Waals surface area contributed by atoms with Crippen LogP contribution in [0.15, 0.2) is 0 Å². The van der Waals surface area contributed by atoms with Gasteiger partial charge in [-0.05, 0) is 63.7 Å². The third kappa shape index (κ3) is 15.9. The van der Waals surface area contributed by atoms with Crippen molar-refractivity contribution in [2.45, 2.75) is 120 Å². The van der Waals surface area contributed by atoms with Gasteiger partial charge in [-0.15, -0.1) is 11.8 Å². The maximum Gasteiger partial charge on any atom is 0.249 e. The highest BCUT2D eigenvalue weighted by molar-refractivity contribution is 8.00. The fourth-order valence-electron chi connectivity index (χ4n) is 9.79. The highest BCUT2D eigenvalue weighted by Gasteiger charge is 2.54. The molecular weight excluding hydrogens is 929 g/mol. The van der Waals surface area contributed by atoms with Gasteiger partial charge in [-0.2, -0.15) is 0 Å². The van der Waals surface area contributed by atoms with E-state index in [1.54, 1.807) is 11.8 Å². The number of amides is 8. The van der Waals surface area contributed by atoms with Crippen molar-refractivity contribution in [1.29, 1.82) is 0 Å². The average Bonchev–Trinajstić information content (AvgIpc) is 4.06. The SMILES string of the molecule is CS(=O)(=O)N1CCC(C(=O)N[C@@H](CCOCCCC(=O)NCCOCCOCCNC(=O)COC2CCC3C(=O)N(C4CCC(=O)NC4=O)C(=O)C3C2)C(=O)NC2NC(C3CCCCC3)CS2)C1. The van der Waals surface area contributed by atoms with Gasteiger partial charge in [0, 0.05) is 64.0 Å². The molecule has 8 amide bonds. The molecule has 6 aliphatic rings. The van der Waals surface area contributed by atoms with Crippen molar-refractivity contribution in [3.63, 3.8) is 0 Å². The molecule has 2 aliphatic carbocycles. The van der Waals surface area contributed by atoms with E-state index in [4.69, 9.17) is 18.9 Å². The van der Waals surface area contributed by atoms with Gasteiger partial charge >= 0.3 is 0 Å². The molecule has 24 heteroatoms. The Morgan fingerprint density at radius 1 is 0.824 bits per heavy atom. The number of nitrogens with one attached hydrogen (secondary N) is 6. The first-order valence-electron chi connectivity index (χ1n) is 24.2. The topological polar surface area (TPSA) is 286 Å². The zero-order chi connectivity index (χ0) is 48.6. The molecule has 4 heterocycles. The molecule has 6 rings (SSSR count). The van der Waals surface area contributed by atoms with Crippen molar-refractivity contribution in [3.05, 3.63) is 0 Å². The number of hydrogen-bond donors (Lipinski definition) is 6. The summed E-state index contributed by atoms with van der Waals surface area (Å²) in [5.74, 6) is -3.34. The normalized spacial score (nSPS) is 27.4. The third-order valence-electron chi connectivity index (χ3n) is 13.6. The molecule has 7 unspecified atom stereocenters. The zero-order valence-electron chi connectivity index (χ0n) is 39.0. The molecule has 22 nitrogen and oxygen atoms in total. The summed E-state index contributed by atoms with van der Waals surface area (Å²) in [4.78, 5) is 102. The summed E-state index contributed by atoms with van der Waals surface area (Å²) in [7, 11) is -3.43. The summed E-state index contributed by atoms with van der Waals surface area (Å²) in [6.07, 6.45) is 9.39. The smallest absolute Gasteiger partial charge is 0.249 e. The highest BCUT2D eigenvalue weighted by Crippen LogP contribution is 2.41. The summed E-state index contributed by atoms with van der Waals surface area (Å²) in [5, 5.41) is 17.1.